The smallest absolute Gasteiger partial charge is 0.391 e. The van der Waals surface area contributed by atoms with Crippen LogP contribution in [0.15, 0.2) is 18.2 Å². The van der Waals surface area contributed by atoms with E-state index in [1.165, 1.54) is 4.90 Å². The number of benzene rings is 1. The van der Waals surface area contributed by atoms with E-state index < -0.39 is 53.3 Å². The first-order valence-electron chi connectivity index (χ1n) is 13.0. The molecule has 0 aromatic heterocycles. The van der Waals surface area contributed by atoms with Crippen molar-refractivity contribution in [3.05, 3.63) is 29.3 Å². The normalized spacial score (nSPS) is 17.6. The van der Waals surface area contributed by atoms with Crippen LogP contribution in [0, 0.1) is 5.92 Å². The molecule has 1 saturated heterocycles. The number of aliphatic hydroxyl groups is 1. The van der Waals surface area contributed by atoms with E-state index in [-0.39, 0.29) is 24.7 Å². The third-order valence-corrected chi connectivity index (χ3v) is 6.14. The highest BCUT2D eigenvalue weighted by Crippen LogP contribution is 2.32. The standard InChI is InChI=1S/C26H40F3N5O4/c1-6-7-22(35)21(14-30-13-15(2)3)34-11-10-20(24(34)37)32-23(36)18-12-17(26(27,28)29)8-9-19(18)33-25(38)31-16(4)5/h8-9,12,15-16,20-22,30,35H,6-7,10-11,13-14H2,1-5H3,(H,32,36)(H2,31,33,38)/t20?,21-,22-/m0/s1. The lowest BCUT2D eigenvalue weighted by molar-refractivity contribution is -0.137. The topological polar surface area (TPSA) is 123 Å². The summed E-state index contributed by atoms with van der Waals surface area (Å²) in [4.78, 5) is 40.1. The maximum atomic E-state index is 13.4. The Morgan fingerprint density at radius 2 is 1.84 bits per heavy atom. The summed E-state index contributed by atoms with van der Waals surface area (Å²) in [5, 5.41) is 21.5. The number of carbonyl (C=O) groups excluding carboxylic acids is 3. The zero-order valence-electron chi connectivity index (χ0n) is 22.6. The van der Waals surface area contributed by atoms with Gasteiger partial charge in [0.15, 0.2) is 0 Å². The summed E-state index contributed by atoms with van der Waals surface area (Å²) >= 11 is 0. The van der Waals surface area contributed by atoms with E-state index in [0.717, 1.165) is 18.6 Å². The van der Waals surface area contributed by atoms with Crippen LogP contribution >= 0.6 is 0 Å². The van der Waals surface area contributed by atoms with Crippen molar-refractivity contribution in [2.45, 2.75) is 84.3 Å². The zero-order chi connectivity index (χ0) is 28.6. The van der Waals surface area contributed by atoms with Crippen LogP contribution in [0.1, 0.15) is 69.8 Å². The second kappa shape index (κ2) is 13.8. The molecule has 0 bridgehead atoms. The molecule has 0 aliphatic carbocycles. The Morgan fingerprint density at radius 3 is 2.42 bits per heavy atom. The summed E-state index contributed by atoms with van der Waals surface area (Å²) in [7, 11) is 0. The molecule has 12 heteroatoms. The third-order valence-electron chi connectivity index (χ3n) is 6.14. The molecule has 1 heterocycles. The molecular weight excluding hydrogens is 503 g/mol. The van der Waals surface area contributed by atoms with Crippen LogP contribution in [0.4, 0.5) is 23.7 Å². The Morgan fingerprint density at radius 1 is 1.16 bits per heavy atom. The Labute approximate surface area is 221 Å². The number of halogens is 3. The molecule has 1 aromatic carbocycles. The molecule has 0 radical (unpaired) electrons. The Kier molecular flexibility index (Phi) is 11.4. The number of urea groups is 1. The number of carbonyl (C=O) groups is 3. The second-order valence-corrected chi connectivity index (χ2v) is 10.3. The number of rotatable bonds is 12. The molecule has 0 spiro atoms. The maximum absolute atomic E-state index is 13.4. The van der Waals surface area contributed by atoms with Crippen LogP contribution in [0.5, 0.6) is 0 Å². The van der Waals surface area contributed by atoms with Gasteiger partial charge in [0.1, 0.15) is 6.04 Å². The van der Waals surface area contributed by atoms with E-state index in [4.69, 9.17) is 0 Å². The summed E-state index contributed by atoms with van der Waals surface area (Å²) in [5.41, 5.74) is -1.59. The summed E-state index contributed by atoms with van der Waals surface area (Å²) in [6.45, 7) is 10.8. The first kappa shape index (κ1) is 31.4. The Bertz CT molecular complexity index is 971. The number of aliphatic hydroxyl groups excluding tert-OH is 1. The van der Waals surface area contributed by atoms with Crippen LogP contribution in [-0.4, -0.2) is 71.7 Å². The van der Waals surface area contributed by atoms with Crippen molar-refractivity contribution >= 4 is 23.5 Å². The molecule has 2 rings (SSSR count). The van der Waals surface area contributed by atoms with E-state index >= 15 is 0 Å². The van der Waals surface area contributed by atoms with Crippen molar-refractivity contribution in [3.63, 3.8) is 0 Å². The molecule has 0 saturated carbocycles. The highest BCUT2D eigenvalue weighted by Gasteiger charge is 2.40. The van der Waals surface area contributed by atoms with Crippen LogP contribution in [0.2, 0.25) is 0 Å². The van der Waals surface area contributed by atoms with Crippen molar-refractivity contribution in [2.75, 3.05) is 25.0 Å². The number of alkyl halides is 3. The number of likely N-dealkylation sites (tertiary alicyclic amines) is 1. The number of nitrogens with one attached hydrogen (secondary N) is 4. The molecule has 38 heavy (non-hydrogen) atoms. The van der Waals surface area contributed by atoms with E-state index in [1.54, 1.807) is 13.8 Å². The predicted molar refractivity (Wildman–Crippen MR) is 139 cm³/mol. The van der Waals surface area contributed by atoms with E-state index in [0.29, 0.717) is 31.5 Å². The van der Waals surface area contributed by atoms with E-state index in [9.17, 15) is 32.7 Å². The summed E-state index contributed by atoms with van der Waals surface area (Å²) in [6, 6.07) is 0.0329. The van der Waals surface area contributed by atoms with Gasteiger partial charge in [-0.15, -0.1) is 0 Å². The summed E-state index contributed by atoms with van der Waals surface area (Å²) in [5.74, 6) is -0.957. The lowest BCUT2D eigenvalue weighted by Gasteiger charge is -2.32. The minimum Gasteiger partial charge on any atom is -0.391 e. The quantitative estimate of drug-likeness (QED) is 0.277. The lowest BCUT2D eigenvalue weighted by atomic mass is 10.0. The van der Waals surface area contributed by atoms with Crippen molar-refractivity contribution in [2.24, 2.45) is 5.92 Å². The Hall–Kier alpha value is -2.86. The molecule has 9 nitrogen and oxygen atoms in total. The van der Waals surface area contributed by atoms with Crippen molar-refractivity contribution in [1.82, 2.24) is 20.9 Å². The highest BCUT2D eigenvalue weighted by atomic mass is 19.4. The average molecular weight is 544 g/mol. The van der Waals surface area contributed by atoms with Crippen LogP contribution in [0.25, 0.3) is 0 Å². The monoisotopic (exact) mass is 543 g/mol. The van der Waals surface area contributed by atoms with Crippen LogP contribution in [-0.2, 0) is 11.0 Å². The van der Waals surface area contributed by atoms with Gasteiger partial charge in [0.05, 0.1) is 29.0 Å². The molecule has 3 atom stereocenters. The number of hydrogen-bond acceptors (Lipinski definition) is 5. The molecular formula is C26H40F3N5O4. The van der Waals surface area contributed by atoms with Gasteiger partial charge in [-0.3, -0.25) is 9.59 Å². The van der Waals surface area contributed by atoms with Crippen LogP contribution in [0.3, 0.4) is 0 Å². The summed E-state index contributed by atoms with van der Waals surface area (Å²) in [6.07, 6.45) is -4.03. The highest BCUT2D eigenvalue weighted by molar-refractivity contribution is 6.05. The molecule has 1 unspecified atom stereocenters. The fourth-order valence-corrected chi connectivity index (χ4v) is 4.30. The zero-order valence-corrected chi connectivity index (χ0v) is 22.6. The van der Waals surface area contributed by atoms with Gasteiger partial charge in [0, 0.05) is 19.1 Å². The largest absolute Gasteiger partial charge is 0.416 e. The molecule has 214 valence electrons. The van der Waals surface area contributed by atoms with Gasteiger partial charge in [-0.05, 0) is 57.4 Å². The van der Waals surface area contributed by atoms with Gasteiger partial charge >= 0.3 is 12.2 Å². The summed E-state index contributed by atoms with van der Waals surface area (Å²) < 4.78 is 40.1. The molecule has 1 fully saturated rings. The molecule has 4 amide bonds. The van der Waals surface area contributed by atoms with Gasteiger partial charge in [0.2, 0.25) is 5.91 Å². The van der Waals surface area contributed by atoms with Gasteiger partial charge in [-0.25, -0.2) is 4.79 Å². The van der Waals surface area contributed by atoms with Gasteiger partial charge < -0.3 is 31.3 Å². The van der Waals surface area contributed by atoms with Gasteiger partial charge in [-0.1, -0.05) is 27.2 Å². The molecule has 5 N–H and O–H groups in total. The number of nitrogens with zero attached hydrogens (tertiary/aromatic N) is 1. The van der Waals surface area contributed by atoms with Gasteiger partial charge in [0.25, 0.3) is 5.91 Å². The SMILES string of the molecule is CCC[C@H](O)[C@H](CNCC(C)C)N1CCC(NC(=O)c2cc(C(F)(F)F)ccc2NC(=O)NC(C)C)C1=O. The first-order valence-corrected chi connectivity index (χ1v) is 13.0. The van der Waals surface area contributed by atoms with Crippen molar-refractivity contribution in [3.8, 4) is 0 Å². The molecule has 1 aliphatic heterocycles. The van der Waals surface area contributed by atoms with Gasteiger partial charge in [-0.2, -0.15) is 13.2 Å². The number of anilines is 1. The number of hydrogen-bond donors (Lipinski definition) is 5. The molecule has 1 aliphatic rings. The number of amides is 4. The van der Waals surface area contributed by atoms with Crippen molar-refractivity contribution < 1.29 is 32.7 Å². The third kappa shape index (κ3) is 8.87. The molecule has 1 aromatic rings. The van der Waals surface area contributed by atoms with Crippen molar-refractivity contribution in [1.29, 1.82) is 0 Å². The minimum absolute atomic E-state index is 0.120. The lowest BCUT2D eigenvalue weighted by Crippen LogP contribution is -2.53. The first-order chi connectivity index (χ1) is 17.7. The van der Waals surface area contributed by atoms with Crippen LogP contribution < -0.4 is 21.3 Å². The van der Waals surface area contributed by atoms with E-state index in [2.05, 4.69) is 21.3 Å². The predicted octanol–water partition coefficient (Wildman–Crippen LogP) is 3.34. The Balaban J connectivity index is 2.24. The van der Waals surface area contributed by atoms with E-state index in [1.807, 2.05) is 20.8 Å². The fourth-order valence-electron chi connectivity index (χ4n) is 4.30. The fraction of sp³-hybridized carbons (Fsp3) is 0.654. The maximum Gasteiger partial charge on any atom is 0.416 e. The second-order valence-electron chi connectivity index (χ2n) is 10.3. The average Bonchev–Trinajstić information content (AvgIpc) is 3.15. The minimum atomic E-state index is -4.71.